The van der Waals surface area contributed by atoms with Gasteiger partial charge in [-0.1, -0.05) is 28.1 Å². The topological polar surface area (TPSA) is 29.1 Å². The van der Waals surface area contributed by atoms with Gasteiger partial charge in [-0.2, -0.15) is 0 Å². The lowest BCUT2D eigenvalue weighted by atomic mass is 9.93. The standard InChI is InChI=1S/C19H25BrN2O/c20-18-3-4-19(23)17(11-18)13-22-7-5-21(6-8-22)12-16-10-14-1-2-15(16)9-14/h1-4,11,14-16,23H,5-10,12-13H2/p+2/t14-,15+,16-/m1/s1. The van der Waals surface area contributed by atoms with Crippen molar-refractivity contribution in [3.8, 4) is 5.75 Å². The maximum Gasteiger partial charge on any atom is 0.127 e. The van der Waals surface area contributed by atoms with Gasteiger partial charge >= 0.3 is 0 Å². The summed E-state index contributed by atoms with van der Waals surface area (Å²) < 4.78 is 1.05. The van der Waals surface area contributed by atoms with Crippen LogP contribution in [0, 0.1) is 17.8 Å². The Bertz CT molecular complexity index is 595. The largest absolute Gasteiger partial charge is 0.507 e. The molecule has 0 spiro atoms. The Morgan fingerprint density at radius 3 is 2.52 bits per heavy atom. The highest BCUT2D eigenvalue weighted by atomic mass is 79.9. The third-order valence-corrected chi connectivity index (χ3v) is 6.61. The van der Waals surface area contributed by atoms with Crippen LogP contribution < -0.4 is 9.80 Å². The van der Waals surface area contributed by atoms with Crippen LogP contribution in [-0.4, -0.2) is 37.8 Å². The van der Waals surface area contributed by atoms with Crippen molar-refractivity contribution in [1.82, 2.24) is 0 Å². The Morgan fingerprint density at radius 2 is 1.83 bits per heavy atom. The summed E-state index contributed by atoms with van der Waals surface area (Å²) in [5.41, 5.74) is 1.07. The molecule has 1 aliphatic heterocycles. The summed E-state index contributed by atoms with van der Waals surface area (Å²) in [5.74, 6) is 3.16. The van der Waals surface area contributed by atoms with Crippen LogP contribution in [-0.2, 0) is 6.54 Å². The van der Waals surface area contributed by atoms with Crippen molar-refractivity contribution in [1.29, 1.82) is 0 Å². The number of hydrogen-bond acceptors (Lipinski definition) is 1. The molecule has 1 heterocycles. The molecule has 23 heavy (non-hydrogen) atoms. The van der Waals surface area contributed by atoms with Gasteiger partial charge in [0.05, 0.1) is 6.54 Å². The molecule has 1 saturated carbocycles. The van der Waals surface area contributed by atoms with Gasteiger partial charge in [-0.3, -0.25) is 0 Å². The number of hydrogen-bond donors (Lipinski definition) is 3. The predicted molar refractivity (Wildman–Crippen MR) is 94.6 cm³/mol. The van der Waals surface area contributed by atoms with E-state index in [1.54, 1.807) is 15.9 Å². The molecule has 2 fully saturated rings. The summed E-state index contributed by atoms with van der Waals surface area (Å²) in [7, 11) is 0. The van der Waals surface area contributed by atoms with Gasteiger partial charge in [-0.05, 0) is 42.9 Å². The molecule has 0 aromatic heterocycles. The Kier molecular flexibility index (Phi) is 4.48. The summed E-state index contributed by atoms with van der Waals surface area (Å²) in [5, 5.41) is 10.0. The van der Waals surface area contributed by atoms with Crippen LogP contribution in [0.4, 0.5) is 0 Å². The number of rotatable bonds is 4. The number of nitrogens with one attached hydrogen (secondary N) is 2. The fourth-order valence-electron chi connectivity index (χ4n) is 4.80. The first-order valence-corrected chi connectivity index (χ1v) is 9.79. The van der Waals surface area contributed by atoms with Gasteiger partial charge in [0.15, 0.2) is 0 Å². The number of piperazine rings is 1. The van der Waals surface area contributed by atoms with Crippen molar-refractivity contribution in [3.63, 3.8) is 0 Å². The van der Waals surface area contributed by atoms with Gasteiger partial charge < -0.3 is 14.9 Å². The molecule has 3 aliphatic rings. The molecule has 0 amide bonds. The minimum absolute atomic E-state index is 0.434. The van der Waals surface area contributed by atoms with Crippen LogP contribution in [0.15, 0.2) is 34.8 Å². The number of allylic oxidation sites excluding steroid dienone is 2. The number of aromatic hydroxyl groups is 1. The van der Waals surface area contributed by atoms with E-state index in [-0.39, 0.29) is 0 Å². The number of phenols is 1. The normalized spacial score (nSPS) is 35.8. The minimum Gasteiger partial charge on any atom is -0.507 e. The van der Waals surface area contributed by atoms with Crippen LogP contribution >= 0.6 is 15.9 Å². The first kappa shape index (κ1) is 15.7. The van der Waals surface area contributed by atoms with E-state index in [4.69, 9.17) is 0 Å². The summed E-state index contributed by atoms with van der Waals surface area (Å²) in [6, 6.07) is 5.76. The van der Waals surface area contributed by atoms with Crippen molar-refractivity contribution in [3.05, 3.63) is 40.4 Å². The molecule has 1 aromatic rings. The highest BCUT2D eigenvalue weighted by molar-refractivity contribution is 9.10. The number of quaternary nitrogens is 2. The number of phenolic OH excluding ortho intramolecular Hbond substituents is 1. The lowest BCUT2D eigenvalue weighted by molar-refractivity contribution is -1.02. The Morgan fingerprint density at radius 1 is 1.04 bits per heavy atom. The fourth-order valence-corrected chi connectivity index (χ4v) is 5.21. The van der Waals surface area contributed by atoms with E-state index in [0.717, 1.165) is 34.3 Å². The van der Waals surface area contributed by atoms with Crippen molar-refractivity contribution in [2.45, 2.75) is 19.4 Å². The molecule has 124 valence electrons. The zero-order valence-corrected chi connectivity index (χ0v) is 15.2. The maximum absolute atomic E-state index is 10.0. The zero-order chi connectivity index (χ0) is 15.8. The molecular weight excluding hydrogens is 352 g/mol. The molecule has 2 aliphatic carbocycles. The van der Waals surface area contributed by atoms with Gasteiger partial charge in [-0.25, -0.2) is 0 Å². The highest BCUT2D eigenvalue weighted by Gasteiger charge is 2.38. The lowest BCUT2D eigenvalue weighted by Crippen LogP contribution is -3.27. The Balaban J connectivity index is 1.27. The third-order valence-electron chi connectivity index (χ3n) is 6.11. The monoisotopic (exact) mass is 378 g/mol. The van der Waals surface area contributed by atoms with Crippen LogP contribution in [0.25, 0.3) is 0 Å². The molecule has 4 rings (SSSR count). The van der Waals surface area contributed by atoms with Crippen molar-refractivity contribution >= 4 is 15.9 Å². The molecule has 0 radical (unpaired) electrons. The van der Waals surface area contributed by atoms with Crippen LogP contribution in [0.2, 0.25) is 0 Å². The van der Waals surface area contributed by atoms with Crippen molar-refractivity contribution < 1.29 is 14.9 Å². The Labute approximate surface area is 147 Å². The molecule has 1 aromatic carbocycles. The second-order valence-corrected chi connectivity index (χ2v) is 8.61. The maximum atomic E-state index is 10.0. The quantitative estimate of drug-likeness (QED) is 0.659. The molecule has 3 atom stereocenters. The van der Waals surface area contributed by atoms with E-state index >= 15 is 0 Å². The summed E-state index contributed by atoms with van der Waals surface area (Å²) in [6.45, 7) is 7.32. The van der Waals surface area contributed by atoms with Gasteiger partial charge in [0.2, 0.25) is 0 Å². The van der Waals surface area contributed by atoms with E-state index in [1.165, 1.54) is 45.6 Å². The van der Waals surface area contributed by atoms with E-state index in [9.17, 15) is 5.11 Å². The summed E-state index contributed by atoms with van der Waals surface area (Å²) >= 11 is 3.51. The van der Waals surface area contributed by atoms with Crippen molar-refractivity contribution in [2.75, 3.05) is 32.7 Å². The molecule has 0 unspecified atom stereocenters. The third kappa shape index (κ3) is 3.49. The number of fused-ring (bicyclic) bond motifs is 2. The first-order chi connectivity index (χ1) is 11.2. The number of halogens is 1. The average Bonchev–Trinajstić information content (AvgIpc) is 3.16. The summed E-state index contributed by atoms with van der Waals surface area (Å²) in [4.78, 5) is 3.41. The van der Waals surface area contributed by atoms with Gasteiger partial charge in [-0.15, -0.1) is 0 Å². The Hall–Kier alpha value is -0.840. The average molecular weight is 379 g/mol. The van der Waals surface area contributed by atoms with E-state index < -0.39 is 0 Å². The van der Waals surface area contributed by atoms with Crippen LogP contribution in [0.5, 0.6) is 5.75 Å². The van der Waals surface area contributed by atoms with Gasteiger partial charge in [0.1, 0.15) is 38.5 Å². The molecule has 3 nitrogen and oxygen atoms in total. The summed E-state index contributed by atoms with van der Waals surface area (Å²) in [6.07, 6.45) is 7.80. The minimum atomic E-state index is 0.434. The van der Waals surface area contributed by atoms with Crippen LogP contribution in [0.1, 0.15) is 18.4 Å². The highest BCUT2D eigenvalue weighted by Crippen LogP contribution is 2.42. The second kappa shape index (κ2) is 6.58. The van der Waals surface area contributed by atoms with E-state index in [0.29, 0.717) is 5.75 Å². The van der Waals surface area contributed by atoms with Crippen molar-refractivity contribution in [2.24, 2.45) is 17.8 Å². The SMILES string of the molecule is Oc1ccc(Br)cc1C[NH+]1CC[NH+](C[C@H]2C[C@@H]3C=C[C@H]2C3)CC1. The molecular formula is C19H27BrN2O+2. The zero-order valence-electron chi connectivity index (χ0n) is 13.6. The smallest absolute Gasteiger partial charge is 0.127 e. The van der Waals surface area contributed by atoms with E-state index in [2.05, 4.69) is 34.1 Å². The molecule has 3 N–H and O–H groups in total. The van der Waals surface area contributed by atoms with E-state index in [1.807, 2.05) is 6.07 Å². The first-order valence-electron chi connectivity index (χ1n) is 9.00. The molecule has 1 saturated heterocycles. The molecule has 4 heteroatoms. The lowest BCUT2D eigenvalue weighted by Gasteiger charge is -2.32. The van der Waals surface area contributed by atoms with Gasteiger partial charge in [0, 0.05) is 16.0 Å². The van der Waals surface area contributed by atoms with Gasteiger partial charge in [0.25, 0.3) is 0 Å². The fraction of sp³-hybridized carbons (Fsp3) is 0.579. The number of benzene rings is 1. The second-order valence-electron chi connectivity index (χ2n) is 7.69. The molecule has 2 bridgehead atoms. The van der Waals surface area contributed by atoms with Crippen LogP contribution in [0.3, 0.4) is 0 Å². The predicted octanol–water partition coefficient (Wildman–Crippen LogP) is 0.650.